The first kappa shape index (κ1) is 14.7. The van der Waals surface area contributed by atoms with Gasteiger partial charge in [0.2, 0.25) is 5.91 Å². The summed E-state index contributed by atoms with van der Waals surface area (Å²) in [6.07, 6.45) is 4.17. The van der Waals surface area contributed by atoms with Gasteiger partial charge in [-0.2, -0.15) is 0 Å². The summed E-state index contributed by atoms with van der Waals surface area (Å²) in [5.41, 5.74) is 0. The van der Waals surface area contributed by atoms with Crippen molar-refractivity contribution in [3.05, 3.63) is 24.3 Å². The summed E-state index contributed by atoms with van der Waals surface area (Å²) in [7, 11) is -3.86. The number of rotatable bonds is 5. The minimum absolute atomic E-state index is 0.0763. The third-order valence-corrected chi connectivity index (χ3v) is 6.90. The summed E-state index contributed by atoms with van der Waals surface area (Å²) in [4.78, 5) is 12.5. The van der Waals surface area contributed by atoms with Crippen LogP contribution in [0.1, 0.15) is 25.7 Å². The quantitative estimate of drug-likeness (QED) is 0.870. The third kappa shape index (κ3) is 2.41. The molecule has 5 rings (SSSR count). The van der Waals surface area contributed by atoms with Gasteiger partial charge in [-0.1, -0.05) is 0 Å². The molecule has 2 aliphatic carbocycles. The lowest BCUT2D eigenvalue weighted by atomic mass is 9.89. The van der Waals surface area contributed by atoms with Gasteiger partial charge in [-0.25, -0.2) is 13.1 Å². The Kier molecular flexibility index (Phi) is 3.04. The Bertz CT molecular complexity index is 786. The van der Waals surface area contributed by atoms with E-state index in [4.69, 9.17) is 9.47 Å². The molecule has 6 nitrogen and oxygen atoms in total. The molecule has 1 N–H and O–H groups in total. The molecule has 2 saturated heterocycles. The summed E-state index contributed by atoms with van der Waals surface area (Å²) in [5, 5.41) is 0. The van der Waals surface area contributed by atoms with Gasteiger partial charge in [-0.15, -0.1) is 0 Å². The maximum atomic E-state index is 12.4. The lowest BCUT2D eigenvalue weighted by molar-refractivity contribution is -0.125. The van der Waals surface area contributed by atoms with Crippen LogP contribution in [0.25, 0.3) is 0 Å². The van der Waals surface area contributed by atoms with E-state index < -0.39 is 15.9 Å². The van der Waals surface area contributed by atoms with Crippen molar-refractivity contribution in [3.8, 4) is 5.75 Å². The van der Waals surface area contributed by atoms with Crippen LogP contribution in [0.5, 0.6) is 5.75 Å². The van der Waals surface area contributed by atoms with Gasteiger partial charge in [-0.3, -0.25) is 4.79 Å². The van der Waals surface area contributed by atoms with Crippen LogP contribution in [0.15, 0.2) is 29.2 Å². The molecule has 0 radical (unpaired) electrons. The SMILES string of the molecule is O=C(NS(=O)(=O)c1ccc(OC2CC2)cc1)[C@@H]1C[C@@H]2O[C@H]1[C@H]1C[C@H]12. The maximum absolute atomic E-state index is 12.4. The van der Waals surface area contributed by atoms with Crippen LogP contribution in [0.3, 0.4) is 0 Å². The van der Waals surface area contributed by atoms with Gasteiger partial charge < -0.3 is 9.47 Å². The van der Waals surface area contributed by atoms with Crippen LogP contribution < -0.4 is 9.46 Å². The number of carbonyl (C=O) groups is 1. The average Bonchev–Trinajstić information content (AvgIpc) is 3.47. The summed E-state index contributed by atoms with van der Waals surface area (Å²) in [6.45, 7) is 0. The summed E-state index contributed by atoms with van der Waals surface area (Å²) in [5.74, 6) is 0.942. The zero-order valence-electron chi connectivity index (χ0n) is 13.1. The first-order valence-electron chi connectivity index (χ1n) is 8.50. The van der Waals surface area contributed by atoms with E-state index in [1.54, 1.807) is 12.1 Å². The Morgan fingerprint density at radius 1 is 1.12 bits per heavy atom. The molecule has 2 saturated carbocycles. The molecule has 0 unspecified atom stereocenters. The Balaban J connectivity index is 1.27. The highest BCUT2D eigenvalue weighted by Crippen LogP contribution is 2.60. The second kappa shape index (κ2) is 4.95. The molecule has 2 bridgehead atoms. The van der Waals surface area contributed by atoms with Crippen LogP contribution >= 0.6 is 0 Å². The molecule has 0 spiro atoms. The molecular weight excluding hydrogens is 330 g/mol. The second-order valence-electron chi connectivity index (χ2n) is 7.30. The molecule has 7 heteroatoms. The third-order valence-electron chi connectivity index (χ3n) is 5.54. The Labute approximate surface area is 140 Å². The van der Waals surface area contributed by atoms with Crippen LogP contribution in [0.4, 0.5) is 0 Å². The zero-order chi connectivity index (χ0) is 16.5. The van der Waals surface area contributed by atoms with Crippen LogP contribution in [-0.2, 0) is 19.6 Å². The van der Waals surface area contributed by atoms with Crippen molar-refractivity contribution in [3.63, 3.8) is 0 Å². The molecule has 24 heavy (non-hydrogen) atoms. The smallest absolute Gasteiger partial charge is 0.264 e. The molecule has 0 aromatic heterocycles. The van der Waals surface area contributed by atoms with E-state index in [0.717, 1.165) is 19.3 Å². The van der Waals surface area contributed by atoms with Crippen LogP contribution in [0.2, 0.25) is 0 Å². The summed E-state index contributed by atoms with van der Waals surface area (Å²) < 4.78 is 38.5. The molecule has 4 aliphatic rings. The fraction of sp³-hybridized carbons (Fsp3) is 0.588. The molecular formula is C17H19NO5S. The normalized spacial score (nSPS) is 36.2. The van der Waals surface area contributed by atoms with Gasteiger partial charge in [0.25, 0.3) is 10.0 Å². The van der Waals surface area contributed by atoms with Crippen molar-refractivity contribution in [2.24, 2.45) is 17.8 Å². The maximum Gasteiger partial charge on any atom is 0.264 e. The number of benzene rings is 1. The van der Waals surface area contributed by atoms with Crippen molar-refractivity contribution < 1.29 is 22.7 Å². The van der Waals surface area contributed by atoms with Gasteiger partial charge in [0.05, 0.1) is 29.1 Å². The van der Waals surface area contributed by atoms with Gasteiger partial charge in [0, 0.05) is 0 Å². The first-order chi connectivity index (χ1) is 11.5. The molecule has 2 heterocycles. The summed E-state index contributed by atoms with van der Waals surface area (Å²) in [6, 6.07) is 6.21. The van der Waals surface area contributed by atoms with Crippen molar-refractivity contribution in [2.45, 2.75) is 48.9 Å². The minimum Gasteiger partial charge on any atom is -0.490 e. The summed E-state index contributed by atoms with van der Waals surface area (Å²) >= 11 is 0. The number of carbonyl (C=O) groups excluding carboxylic acids is 1. The first-order valence-corrected chi connectivity index (χ1v) is 9.98. The number of fused-ring (bicyclic) bond motifs is 5. The number of hydrogen-bond donors (Lipinski definition) is 1. The van der Waals surface area contributed by atoms with Crippen molar-refractivity contribution in [1.29, 1.82) is 0 Å². The predicted octanol–water partition coefficient (Wildman–Crippen LogP) is 1.46. The van der Waals surface area contributed by atoms with Gasteiger partial charge in [0.15, 0.2) is 0 Å². The molecule has 1 amide bonds. The van der Waals surface area contributed by atoms with Gasteiger partial charge >= 0.3 is 0 Å². The average molecular weight is 349 g/mol. The van der Waals surface area contributed by atoms with E-state index in [9.17, 15) is 13.2 Å². The molecule has 2 aliphatic heterocycles. The van der Waals surface area contributed by atoms with E-state index >= 15 is 0 Å². The molecule has 1 aromatic carbocycles. The van der Waals surface area contributed by atoms with Crippen molar-refractivity contribution >= 4 is 15.9 Å². The number of sulfonamides is 1. The van der Waals surface area contributed by atoms with E-state index in [1.807, 2.05) is 0 Å². The Hall–Kier alpha value is -1.60. The van der Waals surface area contributed by atoms with Gasteiger partial charge in [-0.05, 0) is 61.8 Å². The van der Waals surface area contributed by atoms with E-state index in [1.165, 1.54) is 12.1 Å². The highest BCUT2D eigenvalue weighted by atomic mass is 32.2. The number of nitrogens with one attached hydrogen (secondary N) is 1. The number of hydrogen-bond acceptors (Lipinski definition) is 5. The zero-order valence-corrected chi connectivity index (χ0v) is 13.9. The minimum atomic E-state index is -3.86. The molecule has 4 fully saturated rings. The fourth-order valence-electron chi connectivity index (χ4n) is 4.05. The second-order valence-corrected chi connectivity index (χ2v) is 8.99. The molecule has 1 aromatic rings. The Morgan fingerprint density at radius 2 is 1.88 bits per heavy atom. The fourth-order valence-corrected chi connectivity index (χ4v) is 5.08. The number of ether oxygens (including phenoxy) is 2. The number of amides is 1. The molecule has 128 valence electrons. The lowest BCUT2D eigenvalue weighted by Crippen LogP contribution is -2.40. The van der Waals surface area contributed by atoms with Crippen LogP contribution in [0, 0.1) is 17.8 Å². The van der Waals surface area contributed by atoms with E-state index in [2.05, 4.69) is 4.72 Å². The lowest BCUT2D eigenvalue weighted by Gasteiger charge is -2.18. The van der Waals surface area contributed by atoms with Crippen molar-refractivity contribution in [1.82, 2.24) is 4.72 Å². The van der Waals surface area contributed by atoms with Crippen LogP contribution in [-0.4, -0.2) is 32.6 Å². The Morgan fingerprint density at radius 3 is 2.50 bits per heavy atom. The molecule has 5 atom stereocenters. The van der Waals surface area contributed by atoms with Gasteiger partial charge in [0.1, 0.15) is 5.75 Å². The largest absolute Gasteiger partial charge is 0.490 e. The van der Waals surface area contributed by atoms with E-state index in [0.29, 0.717) is 24.0 Å². The highest BCUT2D eigenvalue weighted by Gasteiger charge is 2.64. The predicted molar refractivity (Wildman–Crippen MR) is 83.8 cm³/mol. The topological polar surface area (TPSA) is 81.7 Å². The van der Waals surface area contributed by atoms with E-state index in [-0.39, 0.29) is 29.1 Å². The monoisotopic (exact) mass is 349 g/mol. The van der Waals surface area contributed by atoms with Crippen molar-refractivity contribution in [2.75, 3.05) is 0 Å². The highest BCUT2D eigenvalue weighted by molar-refractivity contribution is 7.90. The standard InChI is InChI=1S/C17H19NO5S/c19-17(14-8-15-12-7-13(12)16(14)23-15)18-24(20,21)11-5-3-10(4-6-11)22-9-1-2-9/h3-6,9,12-16H,1-2,7-8H2,(H,18,19)/t12-,13+,14-,15+,16+/m1/s1.